The van der Waals surface area contributed by atoms with Crippen molar-refractivity contribution in [2.45, 2.75) is 13.3 Å². The van der Waals surface area contributed by atoms with Crippen LogP contribution in [0.15, 0.2) is 12.1 Å². The number of carbonyl (C=O) groups is 1. The zero-order valence-electron chi connectivity index (χ0n) is 9.36. The predicted octanol–water partition coefficient (Wildman–Crippen LogP) is 1.53. The summed E-state index contributed by atoms with van der Waals surface area (Å²) >= 11 is 0. The number of hydrogen-bond donors (Lipinski definition) is 1. The molecule has 0 atom stereocenters. The molecule has 0 aliphatic carbocycles. The zero-order chi connectivity index (χ0) is 12.4. The lowest BCUT2D eigenvalue weighted by atomic mass is 10.1. The molecule has 2 rings (SSSR count). The predicted molar refractivity (Wildman–Crippen MR) is 61.5 cm³/mol. The van der Waals surface area contributed by atoms with Gasteiger partial charge in [0.1, 0.15) is 12.4 Å². The lowest BCUT2D eigenvalue weighted by Gasteiger charge is -2.11. The fourth-order valence-corrected chi connectivity index (χ4v) is 1.85. The second kappa shape index (κ2) is 4.40. The molecular weight excluding hydrogens is 224 g/mol. The van der Waals surface area contributed by atoms with Crippen molar-refractivity contribution in [3.63, 3.8) is 0 Å². The van der Waals surface area contributed by atoms with Gasteiger partial charge in [-0.05, 0) is 12.5 Å². The Kier molecular flexibility index (Phi) is 2.95. The molecule has 0 amide bonds. The van der Waals surface area contributed by atoms with E-state index < -0.39 is 4.92 Å². The van der Waals surface area contributed by atoms with E-state index in [1.165, 1.54) is 12.1 Å². The monoisotopic (exact) mass is 236 g/mol. The quantitative estimate of drug-likeness (QED) is 0.622. The number of fused-ring (bicyclic) bond motifs is 1. The summed E-state index contributed by atoms with van der Waals surface area (Å²) in [7, 11) is 0. The van der Waals surface area contributed by atoms with E-state index in [1.807, 2.05) is 6.92 Å². The van der Waals surface area contributed by atoms with Crippen LogP contribution in [0.2, 0.25) is 0 Å². The molecule has 6 heteroatoms. The maximum Gasteiger partial charge on any atom is 0.274 e. The number of benzene rings is 1. The standard InChI is InChI=1S/C11H12N2O4/c1-2-8-9(13(15)16)3-4-10-11(8)12-5-7(14)6-17-10/h3-4,12H,2,5-6H2,1H3. The topological polar surface area (TPSA) is 81.5 Å². The van der Waals surface area contributed by atoms with Crippen molar-refractivity contribution in [1.82, 2.24) is 0 Å². The number of nitrogens with one attached hydrogen (secondary N) is 1. The van der Waals surface area contributed by atoms with Crippen molar-refractivity contribution in [3.8, 4) is 5.75 Å². The molecule has 6 nitrogen and oxygen atoms in total. The van der Waals surface area contributed by atoms with Crippen molar-refractivity contribution in [3.05, 3.63) is 27.8 Å². The highest BCUT2D eigenvalue weighted by molar-refractivity contribution is 5.87. The fourth-order valence-electron chi connectivity index (χ4n) is 1.85. The van der Waals surface area contributed by atoms with Gasteiger partial charge in [0.05, 0.1) is 22.7 Å². The lowest BCUT2D eigenvalue weighted by Crippen LogP contribution is -2.16. The summed E-state index contributed by atoms with van der Waals surface area (Å²) < 4.78 is 5.30. The first-order valence-electron chi connectivity index (χ1n) is 5.32. The Hall–Kier alpha value is -2.11. The summed E-state index contributed by atoms with van der Waals surface area (Å²) in [5.74, 6) is 0.421. The van der Waals surface area contributed by atoms with Gasteiger partial charge < -0.3 is 10.1 Å². The van der Waals surface area contributed by atoms with E-state index in [2.05, 4.69) is 5.32 Å². The summed E-state index contributed by atoms with van der Waals surface area (Å²) in [5.41, 5.74) is 1.19. The Labute approximate surface area is 97.7 Å². The second-order valence-corrected chi connectivity index (χ2v) is 3.73. The van der Waals surface area contributed by atoms with Crippen molar-refractivity contribution in [1.29, 1.82) is 0 Å². The number of anilines is 1. The van der Waals surface area contributed by atoms with Gasteiger partial charge in [-0.2, -0.15) is 0 Å². The number of nitrogens with zero attached hydrogens (tertiary/aromatic N) is 1. The number of nitro benzene ring substituents is 1. The van der Waals surface area contributed by atoms with Gasteiger partial charge in [0.2, 0.25) is 0 Å². The van der Waals surface area contributed by atoms with Crippen LogP contribution >= 0.6 is 0 Å². The van der Waals surface area contributed by atoms with Gasteiger partial charge in [0.15, 0.2) is 5.78 Å². The first-order valence-corrected chi connectivity index (χ1v) is 5.32. The van der Waals surface area contributed by atoms with Crippen molar-refractivity contribution >= 4 is 17.2 Å². The number of carbonyl (C=O) groups excluding carboxylic acids is 1. The Bertz CT molecular complexity index is 485. The van der Waals surface area contributed by atoms with Gasteiger partial charge in [0.25, 0.3) is 5.69 Å². The number of Topliss-reactive ketones (excluding diaryl/α,β-unsaturated/α-hetero) is 1. The van der Waals surface area contributed by atoms with Crippen LogP contribution in [0.4, 0.5) is 11.4 Å². The summed E-state index contributed by atoms with van der Waals surface area (Å²) in [6, 6.07) is 2.94. The third-order valence-electron chi connectivity index (χ3n) is 2.65. The molecule has 17 heavy (non-hydrogen) atoms. The fraction of sp³-hybridized carbons (Fsp3) is 0.364. The molecule has 1 aliphatic rings. The number of ketones is 1. The van der Waals surface area contributed by atoms with E-state index >= 15 is 0 Å². The highest BCUT2D eigenvalue weighted by Gasteiger charge is 2.23. The van der Waals surface area contributed by atoms with Crippen LogP contribution in [0, 0.1) is 10.1 Å². The Morgan fingerprint density at radius 2 is 2.29 bits per heavy atom. The lowest BCUT2D eigenvalue weighted by molar-refractivity contribution is -0.385. The third-order valence-corrected chi connectivity index (χ3v) is 2.65. The Morgan fingerprint density at radius 3 is 2.94 bits per heavy atom. The normalized spacial score (nSPS) is 14.3. The molecule has 1 aliphatic heterocycles. The minimum absolute atomic E-state index is 0.000958. The number of nitro groups is 1. The maximum absolute atomic E-state index is 11.2. The zero-order valence-corrected chi connectivity index (χ0v) is 9.36. The van der Waals surface area contributed by atoms with Gasteiger partial charge >= 0.3 is 0 Å². The maximum atomic E-state index is 11.2. The molecular formula is C11H12N2O4. The molecule has 0 saturated carbocycles. The van der Waals surface area contributed by atoms with Crippen LogP contribution in [0.3, 0.4) is 0 Å². The number of hydrogen-bond acceptors (Lipinski definition) is 5. The largest absolute Gasteiger partial charge is 0.484 e. The van der Waals surface area contributed by atoms with E-state index in [9.17, 15) is 14.9 Å². The average molecular weight is 236 g/mol. The number of rotatable bonds is 2. The van der Waals surface area contributed by atoms with E-state index in [-0.39, 0.29) is 24.6 Å². The van der Waals surface area contributed by atoms with Gasteiger partial charge in [-0.3, -0.25) is 14.9 Å². The van der Waals surface area contributed by atoms with Crippen LogP contribution in [0.1, 0.15) is 12.5 Å². The molecule has 0 aromatic heterocycles. The average Bonchev–Trinajstić information content (AvgIpc) is 2.50. The molecule has 0 spiro atoms. The van der Waals surface area contributed by atoms with E-state index in [0.717, 1.165) is 0 Å². The van der Waals surface area contributed by atoms with E-state index in [0.29, 0.717) is 23.4 Å². The summed E-state index contributed by atoms with van der Waals surface area (Å²) in [4.78, 5) is 21.7. The molecule has 0 saturated heterocycles. The summed E-state index contributed by atoms with van der Waals surface area (Å²) in [6.07, 6.45) is 0.504. The minimum atomic E-state index is -0.423. The molecule has 0 radical (unpaired) electrons. The first kappa shape index (κ1) is 11.4. The van der Waals surface area contributed by atoms with Crippen molar-refractivity contribution in [2.24, 2.45) is 0 Å². The van der Waals surface area contributed by atoms with Gasteiger partial charge in [0, 0.05) is 6.07 Å². The van der Waals surface area contributed by atoms with Crippen LogP contribution < -0.4 is 10.1 Å². The SMILES string of the molecule is CCc1c([N+](=O)[O-])ccc2c1NCC(=O)CO2. The molecule has 0 fully saturated rings. The van der Waals surface area contributed by atoms with E-state index in [4.69, 9.17) is 4.74 Å². The van der Waals surface area contributed by atoms with E-state index in [1.54, 1.807) is 0 Å². The first-order chi connectivity index (χ1) is 8.13. The molecule has 0 unspecified atom stereocenters. The summed E-state index contributed by atoms with van der Waals surface area (Å²) in [6.45, 7) is 1.97. The Morgan fingerprint density at radius 1 is 1.53 bits per heavy atom. The van der Waals surface area contributed by atoms with Gasteiger partial charge in [-0.1, -0.05) is 6.92 Å². The molecule has 0 bridgehead atoms. The highest BCUT2D eigenvalue weighted by atomic mass is 16.6. The van der Waals surface area contributed by atoms with Crippen LogP contribution in [0.5, 0.6) is 5.75 Å². The van der Waals surface area contributed by atoms with Gasteiger partial charge in [-0.15, -0.1) is 0 Å². The molecule has 1 aromatic rings. The summed E-state index contributed by atoms with van der Waals surface area (Å²) in [5, 5.41) is 13.8. The van der Waals surface area contributed by atoms with Crippen molar-refractivity contribution < 1.29 is 14.5 Å². The smallest absolute Gasteiger partial charge is 0.274 e. The molecule has 90 valence electrons. The highest BCUT2D eigenvalue weighted by Crippen LogP contribution is 2.36. The van der Waals surface area contributed by atoms with Crippen molar-refractivity contribution in [2.75, 3.05) is 18.5 Å². The molecule has 1 aromatic carbocycles. The molecule has 1 heterocycles. The van der Waals surface area contributed by atoms with Crippen LogP contribution in [0.25, 0.3) is 0 Å². The third kappa shape index (κ3) is 2.06. The minimum Gasteiger partial charge on any atom is -0.484 e. The Balaban J connectivity index is 2.53. The second-order valence-electron chi connectivity index (χ2n) is 3.73. The molecule has 1 N–H and O–H groups in total. The van der Waals surface area contributed by atoms with Gasteiger partial charge in [-0.25, -0.2) is 0 Å². The van der Waals surface area contributed by atoms with Crippen LogP contribution in [-0.4, -0.2) is 23.9 Å². The van der Waals surface area contributed by atoms with Crippen LogP contribution in [-0.2, 0) is 11.2 Å². The number of ether oxygens (including phenoxy) is 1.